The first-order valence-electron chi connectivity index (χ1n) is 13.2. The fraction of sp³-hybridized carbons (Fsp3) is 0.593. The average Bonchev–Trinajstić information content (AvgIpc) is 3.31. The summed E-state index contributed by atoms with van der Waals surface area (Å²) in [6.07, 6.45) is 16.6. The number of aryl methyl sites for hydroxylation is 1. The Morgan fingerprint density at radius 2 is 1.79 bits per heavy atom. The molecule has 0 N–H and O–H groups in total. The minimum Gasteiger partial charge on any atom is -0.339 e. The Kier molecular flexibility index (Phi) is 6.22. The Morgan fingerprint density at radius 1 is 0.941 bits per heavy atom. The fourth-order valence-electron chi connectivity index (χ4n) is 6.38. The molecule has 0 aromatic carbocycles. The zero-order chi connectivity index (χ0) is 22.9. The van der Waals surface area contributed by atoms with Crippen LogP contribution in [0, 0.1) is 0 Å². The zero-order valence-electron chi connectivity index (χ0n) is 20.4. The molecule has 3 aromatic heterocycles. The first-order valence-corrected chi connectivity index (χ1v) is 13.2. The van der Waals surface area contributed by atoms with Gasteiger partial charge in [0, 0.05) is 57.4 Å². The molecule has 2 aliphatic carbocycles. The summed E-state index contributed by atoms with van der Waals surface area (Å²) in [7, 11) is 2.21. The quantitative estimate of drug-likeness (QED) is 0.573. The highest BCUT2D eigenvalue weighted by Gasteiger charge is 2.28. The van der Waals surface area contributed by atoms with Crippen molar-refractivity contribution < 1.29 is 0 Å². The number of fused-ring (bicyclic) bond motifs is 2. The number of aromatic nitrogens is 4. The second kappa shape index (κ2) is 9.62. The van der Waals surface area contributed by atoms with Gasteiger partial charge in [0.2, 0.25) is 5.95 Å². The third-order valence-electron chi connectivity index (χ3n) is 8.21. The number of imidazole rings is 1. The molecule has 6 rings (SSSR count). The van der Waals surface area contributed by atoms with Crippen LogP contribution in [0.5, 0.6) is 0 Å². The second-order valence-electron chi connectivity index (χ2n) is 10.4. The minimum absolute atomic E-state index is 0.361. The average molecular weight is 460 g/mol. The van der Waals surface area contributed by atoms with Crippen LogP contribution >= 0.6 is 0 Å². The molecular weight excluding hydrogens is 422 g/mol. The Morgan fingerprint density at radius 3 is 2.65 bits per heavy atom. The number of anilines is 1. The van der Waals surface area contributed by atoms with Crippen LogP contribution in [-0.2, 0) is 13.0 Å². The van der Waals surface area contributed by atoms with Gasteiger partial charge in [-0.1, -0.05) is 25.3 Å². The van der Waals surface area contributed by atoms with Gasteiger partial charge in [0.25, 0.3) is 0 Å². The van der Waals surface area contributed by atoms with Crippen LogP contribution < -0.4 is 4.90 Å². The number of pyridine rings is 1. The predicted molar refractivity (Wildman–Crippen MR) is 135 cm³/mol. The summed E-state index contributed by atoms with van der Waals surface area (Å²) in [5.74, 6) is 1.03. The van der Waals surface area contributed by atoms with E-state index >= 15 is 0 Å². The van der Waals surface area contributed by atoms with E-state index in [0.29, 0.717) is 6.04 Å². The number of hydrogen-bond donors (Lipinski definition) is 0. The van der Waals surface area contributed by atoms with Gasteiger partial charge in [0.05, 0.1) is 17.4 Å². The molecule has 34 heavy (non-hydrogen) atoms. The van der Waals surface area contributed by atoms with Gasteiger partial charge in [0.15, 0.2) is 0 Å². The van der Waals surface area contributed by atoms with Crippen molar-refractivity contribution in [3.63, 3.8) is 0 Å². The predicted octanol–water partition coefficient (Wildman–Crippen LogP) is 4.09. The lowest BCUT2D eigenvalue weighted by Crippen LogP contribution is -2.51. The summed E-state index contributed by atoms with van der Waals surface area (Å²) in [4.78, 5) is 22.1. The lowest BCUT2D eigenvalue weighted by molar-refractivity contribution is 0.147. The Labute approximate surface area is 202 Å². The molecule has 1 atom stereocenters. The van der Waals surface area contributed by atoms with Gasteiger partial charge in [-0.15, -0.1) is 0 Å². The van der Waals surface area contributed by atoms with E-state index in [4.69, 9.17) is 15.0 Å². The molecule has 2 fully saturated rings. The maximum absolute atomic E-state index is 4.97. The molecule has 0 radical (unpaired) electrons. The Balaban J connectivity index is 1.16. The highest BCUT2D eigenvalue weighted by molar-refractivity contribution is 5.48. The molecular formula is C27H37N7. The highest BCUT2D eigenvalue weighted by Crippen LogP contribution is 2.33. The Bertz CT molecular complexity index is 1110. The molecule has 1 saturated carbocycles. The molecule has 1 saturated heterocycles. The minimum atomic E-state index is 0.361. The van der Waals surface area contributed by atoms with Crippen LogP contribution in [0.25, 0.3) is 5.65 Å². The summed E-state index contributed by atoms with van der Waals surface area (Å²) in [6.45, 7) is 5.18. The molecule has 0 amide bonds. The molecule has 1 unspecified atom stereocenters. The van der Waals surface area contributed by atoms with Crippen LogP contribution in [0.4, 0.5) is 5.95 Å². The van der Waals surface area contributed by atoms with Crippen LogP contribution in [0.15, 0.2) is 36.8 Å². The van der Waals surface area contributed by atoms with Crippen LogP contribution in [0.2, 0.25) is 0 Å². The standard InChI is InChI=1S/C27H37N7/c1-31(24-11-5-7-21-8-6-13-28-26(21)24)19-22-20-34-25(30-22)12-14-29-27(34)33-17-15-32(16-18-33)23-9-3-2-4-10-23/h6,8,12-14,20,23-24H,2-5,7,9-11,15-19H2,1H3. The van der Waals surface area contributed by atoms with Gasteiger partial charge in [-0.05, 0) is 56.8 Å². The van der Waals surface area contributed by atoms with E-state index < -0.39 is 0 Å². The molecule has 3 aliphatic rings. The largest absolute Gasteiger partial charge is 0.339 e. The van der Waals surface area contributed by atoms with E-state index in [-0.39, 0.29) is 0 Å². The number of rotatable bonds is 5. The topological polar surface area (TPSA) is 52.8 Å². The third-order valence-corrected chi connectivity index (χ3v) is 8.21. The molecule has 3 aromatic rings. The van der Waals surface area contributed by atoms with Gasteiger partial charge in [-0.2, -0.15) is 0 Å². The van der Waals surface area contributed by atoms with Crippen molar-refractivity contribution in [2.24, 2.45) is 0 Å². The summed E-state index contributed by atoms with van der Waals surface area (Å²) in [5.41, 5.74) is 4.74. The van der Waals surface area contributed by atoms with Crippen LogP contribution in [0.3, 0.4) is 0 Å². The van der Waals surface area contributed by atoms with Crippen molar-refractivity contribution >= 4 is 11.6 Å². The van der Waals surface area contributed by atoms with Crippen LogP contribution in [0.1, 0.15) is 67.9 Å². The maximum Gasteiger partial charge on any atom is 0.211 e. The Hall–Kier alpha value is -2.51. The third kappa shape index (κ3) is 4.31. The van der Waals surface area contributed by atoms with E-state index in [1.165, 1.54) is 49.8 Å². The van der Waals surface area contributed by atoms with E-state index in [9.17, 15) is 0 Å². The summed E-state index contributed by atoms with van der Waals surface area (Å²) < 4.78 is 2.20. The maximum atomic E-state index is 4.97. The van der Waals surface area contributed by atoms with E-state index in [2.05, 4.69) is 44.5 Å². The van der Waals surface area contributed by atoms with Crippen molar-refractivity contribution in [3.05, 3.63) is 53.7 Å². The van der Waals surface area contributed by atoms with Crippen molar-refractivity contribution in [3.8, 4) is 0 Å². The first-order chi connectivity index (χ1) is 16.8. The normalized spacial score (nSPS) is 22.4. The van der Waals surface area contributed by atoms with Gasteiger partial charge in [0.1, 0.15) is 5.65 Å². The van der Waals surface area contributed by atoms with Crippen molar-refractivity contribution in [2.45, 2.75) is 70.0 Å². The summed E-state index contributed by atoms with van der Waals surface area (Å²) in [6, 6.07) is 7.49. The SMILES string of the molecule is CN(Cc1cn2c(N3CCN(C4CCCCC4)CC3)nccc2n1)C1CCCc2cccnc21. The molecule has 1 aliphatic heterocycles. The molecule has 0 bridgehead atoms. The number of nitrogens with zero attached hydrogens (tertiary/aromatic N) is 7. The van der Waals surface area contributed by atoms with E-state index in [0.717, 1.165) is 68.9 Å². The molecule has 4 heterocycles. The second-order valence-corrected chi connectivity index (χ2v) is 10.4. The highest BCUT2D eigenvalue weighted by atomic mass is 15.3. The zero-order valence-corrected chi connectivity index (χ0v) is 20.4. The van der Waals surface area contributed by atoms with Gasteiger partial charge in [-0.3, -0.25) is 19.2 Å². The lowest BCUT2D eigenvalue weighted by Gasteiger charge is -2.41. The van der Waals surface area contributed by atoms with Crippen molar-refractivity contribution in [1.29, 1.82) is 0 Å². The lowest BCUT2D eigenvalue weighted by atomic mass is 9.91. The summed E-state index contributed by atoms with van der Waals surface area (Å²) >= 11 is 0. The smallest absolute Gasteiger partial charge is 0.211 e. The van der Waals surface area contributed by atoms with E-state index in [1.807, 2.05) is 18.5 Å². The van der Waals surface area contributed by atoms with Crippen molar-refractivity contribution in [2.75, 3.05) is 38.1 Å². The summed E-state index contributed by atoms with van der Waals surface area (Å²) in [5, 5.41) is 0. The van der Waals surface area contributed by atoms with Gasteiger partial charge >= 0.3 is 0 Å². The number of hydrogen-bond acceptors (Lipinski definition) is 6. The van der Waals surface area contributed by atoms with Gasteiger partial charge < -0.3 is 4.90 Å². The fourth-order valence-corrected chi connectivity index (χ4v) is 6.38. The van der Waals surface area contributed by atoms with Gasteiger partial charge in [-0.25, -0.2) is 9.97 Å². The van der Waals surface area contributed by atoms with E-state index in [1.54, 1.807) is 0 Å². The number of piperazine rings is 1. The molecule has 180 valence electrons. The molecule has 7 heteroatoms. The van der Waals surface area contributed by atoms with Crippen molar-refractivity contribution in [1.82, 2.24) is 29.2 Å². The van der Waals surface area contributed by atoms with Crippen LogP contribution in [-0.4, -0.2) is 68.4 Å². The monoisotopic (exact) mass is 459 g/mol. The first kappa shape index (κ1) is 22.0. The molecule has 0 spiro atoms. The molecule has 7 nitrogen and oxygen atoms in total.